The molecule has 1 aromatic heterocycles. The first-order chi connectivity index (χ1) is 10.4. The molecule has 4 nitrogen and oxygen atoms in total. The van der Waals surface area contributed by atoms with Crippen LogP contribution in [0.25, 0.3) is 0 Å². The van der Waals surface area contributed by atoms with E-state index in [0.29, 0.717) is 0 Å². The maximum Gasteiger partial charge on any atom is 0.128 e. The Morgan fingerprint density at radius 3 is 2.52 bits per heavy atom. The number of pyridine rings is 1. The summed E-state index contributed by atoms with van der Waals surface area (Å²) in [5.41, 5.74) is 1.15. The third kappa shape index (κ3) is 4.34. The Balaban J connectivity index is 1.49. The average Bonchev–Trinajstić information content (AvgIpc) is 2.83. The molecule has 1 saturated carbocycles. The van der Waals surface area contributed by atoms with Gasteiger partial charge in [-0.3, -0.25) is 0 Å². The Hall–Kier alpha value is -1.29. The highest BCUT2D eigenvalue weighted by Gasteiger charge is 2.13. The van der Waals surface area contributed by atoms with Crippen molar-refractivity contribution in [1.29, 1.82) is 0 Å². The summed E-state index contributed by atoms with van der Waals surface area (Å²) in [6, 6.07) is 4.29. The second kappa shape index (κ2) is 7.64. The minimum absolute atomic E-state index is 0.809. The minimum atomic E-state index is 0.809. The Morgan fingerprint density at radius 1 is 1.10 bits per heavy atom. The summed E-state index contributed by atoms with van der Waals surface area (Å²) in [6.07, 6.45) is 10.4. The van der Waals surface area contributed by atoms with Gasteiger partial charge < -0.3 is 15.0 Å². The molecule has 21 heavy (non-hydrogen) atoms. The first-order valence-corrected chi connectivity index (χ1v) is 8.44. The van der Waals surface area contributed by atoms with Crippen molar-refractivity contribution in [2.24, 2.45) is 5.92 Å². The van der Waals surface area contributed by atoms with Crippen molar-refractivity contribution in [2.75, 3.05) is 43.1 Å². The molecule has 0 radical (unpaired) electrons. The van der Waals surface area contributed by atoms with Gasteiger partial charge in [-0.2, -0.15) is 0 Å². The van der Waals surface area contributed by atoms with Gasteiger partial charge in [0.2, 0.25) is 0 Å². The third-order valence-corrected chi connectivity index (χ3v) is 4.65. The number of nitrogens with zero attached hydrogens (tertiary/aromatic N) is 2. The molecule has 0 spiro atoms. The monoisotopic (exact) mass is 289 g/mol. The molecule has 0 atom stereocenters. The molecule has 0 amide bonds. The summed E-state index contributed by atoms with van der Waals surface area (Å²) in [5.74, 6) is 1.91. The zero-order valence-corrected chi connectivity index (χ0v) is 12.9. The van der Waals surface area contributed by atoms with Crippen molar-refractivity contribution in [3.05, 3.63) is 18.3 Å². The van der Waals surface area contributed by atoms with Crippen LogP contribution in [0.2, 0.25) is 0 Å². The van der Waals surface area contributed by atoms with Gasteiger partial charge in [0.05, 0.1) is 25.1 Å². The SMILES string of the molecule is c1cc(N2CCOCC2)ncc1NCC1CCCCCC1. The maximum atomic E-state index is 5.38. The van der Waals surface area contributed by atoms with Crippen LogP contribution >= 0.6 is 0 Å². The fraction of sp³-hybridized carbons (Fsp3) is 0.706. The second-order valence-corrected chi connectivity index (χ2v) is 6.24. The van der Waals surface area contributed by atoms with Crippen LogP contribution in [-0.4, -0.2) is 37.8 Å². The molecule has 0 bridgehead atoms. The Labute approximate surface area is 127 Å². The standard InChI is InChI=1S/C17H27N3O/c1-2-4-6-15(5-3-1)13-18-16-7-8-17(19-14-16)20-9-11-21-12-10-20/h7-8,14-15,18H,1-6,9-13H2. The number of ether oxygens (including phenoxy) is 1. The molecule has 2 aliphatic rings. The van der Waals surface area contributed by atoms with Crippen molar-refractivity contribution in [3.63, 3.8) is 0 Å². The van der Waals surface area contributed by atoms with Gasteiger partial charge in [0.25, 0.3) is 0 Å². The number of hydrogen-bond acceptors (Lipinski definition) is 4. The Morgan fingerprint density at radius 2 is 1.86 bits per heavy atom. The quantitative estimate of drug-likeness (QED) is 0.863. The smallest absolute Gasteiger partial charge is 0.128 e. The second-order valence-electron chi connectivity index (χ2n) is 6.24. The summed E-state index contributed by atoms with van der Waals surface area (Å²) < 4.78 is 5.38. The zero-order chi connectivity index (χ0) is 14.3. The molecular formula is C17H27N3O. The van der Waals surface area contributed by atoms with E-state index in [1.165, 1.54) is 38.5 Å². The highest BCUT2D eigenvalue weighted by atomic mass is 16.5. The fourth-order valence-corrected chi connectivity index (χ4v) is 3.30. The molecule has 0 aromatic carbocycles. The van der Waals surface area contributed by atoms with Crippen LogP contribution in [0.4, 0.5) is 11.5 Å². The summed E-state index contributed by atoms with van der Waals surface area (Å²) >= 11 is 0. The lowest BCUT2D eigenvalue weighted by molar-refractivity contribution is 0.122. The summed E-state index contributed by atoms with van der Waals surface area (Å²) in [6.45, 7) is 4.61. The van der Waals surface area contributed by atoms with Gasteiger partial charge in [-0.25, -0.2) is 4.98 Å². The molecule has 0 unspecified atom stereocenters. The molecule has 2 fully saturated rings. The van der Waals surface area contributed by atoms with E-state index in [9.17, 15) is 0 Å². The van der Waals surface area contributed by atoms with Crippen molar-refractivity contribution < 1.29 is 4.74 Å². The Bertz CT molecular complexity index is 407. The molecular weight excluding hydrogens is 262 g/mol. The number of rotatable bonds is 4. The summed E-state index contributed by atoms with van der Waals surface area (Å²) in [4.78, 5) is 6.88. The van der Waals surface area contributed by atoms with Crippen LogP contribution in [0.3, 0.4) is 0 Å². The number of anilines is 2. The van der Waals surface area contributed by atoms with Crippen LogP contribution in [0.1, 0.15) is 38.5 Å². The van der Waals surface area contributed by atoms with E-state index >= 15 is 0 Å². The van der Waals surface area contributed by atoms with E-state index in [4.69, 9.17) is 4.74 Å². The van der Waals surface area contributed by atoms with E-state index in [-0.39, 0.29) is 0 Å². The number of aromatic nitrogens is 1. The predicted octanol–water partition coefficient (Wildman–Crippen LogP) is 3.30. The van der Waals surface area contributed by atoms with E-state index in [1.54, 1.807) is 0 Å². The van der Waals surface area contributed by atoms with E-state index in [1.807, 2.05) is 6.20 Å². The molecule has 116 valence electrons. The lowest BCUT2D eigenvalue weighted by Crippen LogP contribution is -2.36. The van der Waals surface area contributed by atoms with Crippen molar-refractivity contribution in [2.45, 2.75) is 38.5 Å². The molecule has 2 heterocycles. The van der Waals surface area contributed by atoms with Crippen LogP contribution < -0.4 is 10.2 Å². The maximum absolute atomic E-state index is 5.38. The molecule has 1 N–H and O–H groups in total. The van der Waals surface area contributed by atoms with Gasteiger partial charge in [-0.1, -0.05) is 25.7 Å². The zero-order valence-electron chi connectivity index (χ0n) is 12.9. The van der Waals surface area contributed by atoms with E-state index in [0.717, 1.165) is 50.3 Å². The molecule has 1 aliphatic heterocycles. The predicted molar refractivity (Wildman–Crippen MR) is 87.0 cm³/mol. The molecule has 1 aliphatic carbocycles. The number of morpholine rings is 1. The molecule has 4 heteroatoms. The molecule has 3 rings (SSSR count). The normalized spacial score (nSPS) is 21.0. The summed E-state index contributed by atoms with van der Waals surface area (Å²) in [7, 11) is 0. The van der Waals surface area contributed by atoms with Crippen molar-refractivity contribution >= 4 is 11.5 Å². The lowest BCUT2D eigenvalue weighted by atomic mass is 10.0. The van der Waals surface area contributed by atoms with Crippen LogP contribution in [0.5, 0.6) is 0 Å². The fourth-order valence-electron chi connectivity index (χ4n) is 3.30. The van der Waals surface area contributed by atoms with E-state index < -0.39 is 0 Å². The van der Waals surface area contributed by atoms with Gasteiger partial charge in [0.15, 0.2) is 0 Å². The Kier molecular flexibility index (Phi) is 5.33. The first-order valence-electron chi connectivity index (χ1n) is 8.44. The number of hydrogen-bond donors (Lipinski definition) is 1. The van der Waals surface area contributed by atoms with Gasteiger partial charge in [0.1, 0.15) is 5.82 Å². The highest BCUT2D eigenvalue weighted by Crippen LogP contribution is 2.23. The topological polar surface area (TPSA) is 37.4 Å². The third-order valence-electron chi connectivity index (χ3n) is 4.65. The first kappa shape index (κ1) is 14.6. The lowest BCUT2D eigenvalue weighted by Gasteiger charge is -2.27. The van der Waals surface area contributed by atoms with Crippen LogP contribution in [-0.2, 0) is 4.74 Å². The molecule has 1 aromatic rings. The van der Waals surface area contributed by atoms with Crippen molar-refractivity contribution in [1.82, 2.24) is 4.98 Å². The van der Waals surface area contributed by atoms with Gasteiger partial charge in [-0.05, 0) is 30.9 Å². The van der Waals surface area contributed by atoms with Gasteiger partial charge in [-0.15, -0.1) is 0 Å². The number of nitrogens with one attached hydrogen (secondary N) is 1. The van der Waals surface area contributed by atoms with Crippen molar-refractivity contribution in [3.8, 4) is 0 Å². The largest absolute Gasteiger partial charge is 0.384 e. The van der Waals surface area contributed by atoms with Crippen LogP contribution in [0, 0.1) is 5.92 Å². The van der Waals surface area contributed by atoms with Gasteiger partial charge in [0, 0.05) is 19.6 Å². The average molecular weight is 289 g/mol. The van der Waals surface area contributed by atoms with Gasteiger partial charge >= 0.3 is 0 Å². The molecule has 1 saturated heterocycles. The summed E-state index contributed by atoms with van der Waals surface area (Å²) in [5, 5.41) is 3.57. The minimum Gasteiger partial charge on any atom is -0.384 e. The van der Waals surface area contributed by atoms with E-state index in [2.05, 4.69) is 27.3 Å². The van der Waals surface area contributed by atoms with Crippen LogP contribution in [0.15, 0.2) is 18.3 Å². The highest BCUT2D eigenvalue weighted by molar-refractivity contribution is 5.48.